The Morgan fingerprint density at radius 2 is 1.71 bits per heavy atom. The van der Waals surface area contributed by atoms with Crippen LogP contribution in [0.2, 0.25) is 0 Å². The van der Waals surface area contributed by atoms with Crippen molar-refractivity contribution in [2.45, 2.75) is 99.0 Å². The van der Waals surface area contributed by atoms with Crippen molar-refractivity contribution < 1.29 is 22.3 Å². The third-order valence-corrected chi connectivity index (χ3v) is 11.2. The molecule has 4 aliphatic rings. The van der Waals surface area contributed by atoms with Gasteiger partial charge in [0, 0.05) is 5.92 Å². The molecule has 5 nitrogen and oxygen atoms in total. The van der Waals surface area contributed by atoms with Gasteiger partial charge < -0.3 is 9.29 Å². The van der Waals surface area contributed by atoms with E-state index >= 15 is 0 Å². The minimum Gasteiger partial charge on any atom is -0.393 e. The fourth-order valence-electron chi connectivity index (χ4n) is 8.48. The first-order chi connectivity index (χ1) is 15.8. The molecule has 34 heavy (non-hydrogen) atoms. The predicted octanol–water partition coefficient (Wildman–Crippen LogP) is 6.56. The van der Waals surface area contributed by atoms with E-state index in [-0.39, 0.29) is 29.3 Å². The van der Waals surface area contributed by atoms with E-state index in [0.717, 1.165) is 32.1 Å². The highest BCUT2D eigenvalue weighted by atomic mass is 32.3. The normalized spacial score (nSPS) is 42.3. The molecule has 0 bridgehead atoms. The van der Waals surface area contributed by atoms with Crippen LogP contribution in [0, 0.1) is 52.3 Å². The highest BCUT2D eigenvalue weighted by Gasteiger charge is 2.58. The molecule has 0 aromatic carbocycles. The summed E-state index contributed by atoms with van der Waals surface area (Å²) in [6.07, 6.45) is 13.3. The van der Waals surface area contributed by atoms with Crippen molar-refractivity contribution in [3.63, 3.8) is 0 Å². The molecular weight excluding hydrogens is 448 g/mol. The van der Waals surface area contributed by atoms with Gasteiger partial charge >= 0.3 is 10.4 Å². The number of fused-ring (bicyclic) bond motifs is 5. The van der Waals surface area contributed by atoms with E-state index in [1.54, 1.807) is 5.57 Å². The quantitative estimate of drug-likeness (QED) is 0.248. The summed E-state index contributed by atoms with van der Waals surface area (Å²) in [6.45, 7) is 13.2. The molecule has 0 aliphatic heterocycles. The van der Waals surface area contributed by atoms with Gasteiger partial charge in [0.1, 0.15) is 5.76 Å². The van der Waals surface area contributed by atoms with Crippen LogP contribution < -0.4 is 0 Å². The summed E-state index contributed by atoms with van der Waals surface area (Å²) in [7, 11) is -4.54. The first-order valence-electron chi connectivity index (χ1n) is 13.5. The number of aliphatic hydroxyl groups excluding tert-OH is 1. The van der Waals surface area contributed by atoms with Crippen molar-refractivity contribution in [3.8, 4) is 0 Å². The molecule has 0 spiro atoms. The van der Waals surface area contributed by atoms with Crippen LogP contribution in [0.5, 0.6) is 0 Å². The van der Waals surface area contributed by atoms with Gasteiger partial charge in [0.05, 0.1) is 6.10 Å². The summed E-state index contributed by atoms with van der Waals surface area (Å²) in [6, 6.07) is 0. The molecule has 4 rings (SSSR count). The summed E-state index contributed by atoms with van der Waals surface area (Å²) in [5.41, 5.74) is 2.20. The maximum atomic E-state index is 11.6. The summed E-state index contributed by atoms with van der Waals surface area (Å²) >= 11 is 0. The summed E-state index contributed by atoms with van der Waals surface area (Å²) in [4.78, 5) is 0. The largest absolute Gasteiger partial charge is 0.446 e. The maximum absolute atomic E-state index is 11.6. The van der Waals surface area contributed by atoms with Gasteiger partial charge in [-0.05, 0) is 104 Å². The van der Waals surface area contributed by atoms with Crippen LogP contribution in [0.15, 0.2) is 23.5 Å². The Kier molecular flexibility index (Phi) is 7.11. The zero-order valence-electron chi connectivity index (χ0n) is 22.0. The lowest BCUT2D eigenvalue weighted by atomic mass is 9.47. The van der Waals surface area contributed by atoms with Crippen LogP contribution in [0.1, 0.15) is 92.9 Å². The van der Waals surface area contributed by atoms with E-state index in [2.05, 4.69) is 26.8 Å². The zero-order valence-corrected chi connectivity index (χ0v) is 22.8. The second-order valence-corrected chi connectivity index (χ2v) is 13.9. The van der Waals surface area contributed by atoms with Crippen molar-refractivity contribution >= 4 is 10.4 Å². The zero-order chi connectivity index (χ0) is 25.1. The van der Waals surface area contributed by atoms with Crippen LogP contribution in [0.4, 0.5) is 0 Å². The minimum atomic E-state index is -4.54. The Hall–Kier alpha value is -0.850. The lowest BCUT2D eigenvalue weighted by molar-refractivity contribution is -0.0415. The van der Waals surface area contributed by atoms with Crippen molar-refractivity contribution in [3.05, 3.63) is 23.5 Å². The molecule has 3 fully saturated rings. The second-order valence-electron chi connectivity index (χ2n) is 12.9. The van der Waals surface area contributed by atoms with E-state index in [9.17, 15) is 18.1 Å². The number of hydrogen-bond acceptors (Lipinski definition) is 4. The molecule has 3 saturated carbocycles. The van der Waals surface area contributed by atoms with Crippen molar-refractivity contribution in [2.24, 2.45) is 52.3 Å². The monoisotopic (exact) mass is 494 g/mol. The summed E-state index contributed by atoms with van der Waals surface area (Å²) in [5, 5.41) is 10.3. The average molecular weight is 495 g/mol. The average Bonchev–Trinajstić information content (AvgIpc) is 3.09. The van der Waals surface area contributed by atoms with Gasteiger partial charge in [-0.25, -0.2) is 0 Å². The molecule has 0 heterocycles. The van der Waals surface area contributed by atoms with E-state index in [0.29, 0.717) is 34.8 Å². The van der Waals surface area contributed by atoms with Gasteiger partial charge in [-0.2, -0.15) is 8.42 Å². The molecular formula is C28H46O5S. The fourth-order valence-corrected chi connectivity index (χ4v) is 8.93. The molecule has 0 unspecified atom stereocenters. The number of hydrogen-bond donors (Lipinski definition) is 2. The van der Waals surface area contributed by atoms with E-state index in [1.807, 2.05) is 26.8 Å². The third kappa shape index (κ3) is 4.64. The highest BCUT2D eigenvalue weighted by Crippen LogP contribution is 2.66. The highest BCUT2D eigenvalue weighted by molar-refractivity contribution is 7.81. The van der Waals surface area contributed by atoms with Crippen molar-refractivity contribution in [1.29, 1.82) is 0 Å². The molecule has 0 aromatic rings. The standard InChI is InChI=1S/C28H46O5S/c1-17(2)19(4)26(33-34(30,31)32)15-18(3)23-9-10-24-22-8-7-20-16-21(29)11-13-27(20,5)25(22)12-14-28(23,24)6/h8,15,17-21,23-25,29H,7,9-14,16H2,1-6H3,(H,30,31,32)/b26-15-/t18-,19-,20+,21+,23-,24+,25+,27+,28-/m1/s1. The summed E-state index contributed by atoms with van der Waals surface area (Å²) < 4.78 is 37.6. The molecule has 0 amide bonds. The van der Waals surface area contributed by atoms with Crippen molar-refractivity contribution in [1.82, 2.24) is 0 Å². The van der Waals surface area contributed by atoms with E-state index < -0.39 is 10.4 Å². The predicted molar refractivity (Wildman–Crippen MR) is 135 cm³/mol. The molecule has 9 atom stereocenters. The first kappa shape index (κ1) is 26.2. The number of rotatable bonds is 6. The fraction of sp³-hybridized carbons (Fsp3) is 0.857. The number of aliphatic hydroxyl groups is 1. The Labute approximate surface area is 207 Å². The molecule has 6 heteroatoms. The number of allylic oxidation sites excluding steroid dienone is 4. The van der Waals surface area contributed by atoms with Crippen LogP contribution >= 0.6 is 0 Å². The van der Waals surface area contributed by atoms with Crippen LogP contribution in [-0.4, -0.2) is 24.2 Å². The van der Waals surface area contributed by atoms with Gasteiger partial charge in [0.15, 0.2) is 0 Å². The van der Waals surface area contributed by atoms with Crippen LogP contribution in [0.3, 0.4) is 0 Å². The molecule has 2 N–H and O–H groups in total. The van der Waals surface area contributed by atoms with Gasteiger partial charge in [-0.15, -0.1) is 0 Å². The Morgan fingerprint density at radius 3 is 2.35 bits per heavy atom. The minimum absolute atomic E-state index is 0.0929. The lowest BCUT2D eigenvalue weighted by Crippen LogP contribution is -2.49. The van der Waals surface area contributed by atoms with E-state index in [4.69, 9.17) is 4.18 Å². The Morgan fingerprint density at radius 1 is 1.06 bits per heavy atom. The lowest BCUT2D eigenvalue weighted by Gasteiger charge is -2.57. The Balaban J connectivity index is 1.59. The molecule has 194 valence electrons. The van der Waals surface area contributed by atoms with E-state index in [1.165, 1.54) is 19.3 Å². The molecule has 0 radical (unpaired) electrons. The third-order valence-electron chi connectivity index (χ3n) is 10.8. The maximum Gasteiger partial charge on any atom is 0.446 e. The van der Waals surface area contributed by atoms with Gasteiger partial charge in [0.25, 0.3) is 0 Å². The first-order valence-corrected chi connectivity index (χ1v) is 14.9. The smallest absolute Gasteiger partial charge is 0.393 e. The van der Waals surface area contributed by atoms with Gasteiger partial charge in [0.2, 0.25) is 0 Å². The molecule has 0 aromatic heterocycles. The van der Waals surface area contributed by atoms with Gasteiger partial charge in [-0.3, -0.25) is 4.55 Å². The SMILES string of the molecule is CC(C)[C@@H](C)/C(=C/[C@@H](C)[C@H]1CC[C@H]2C3=CC[C@H]4C[C@@H](O)CC[C@]4(C)[C@H]3CC[C@]12C)OS(=O)(=O)O. The van der Waals surface area contributed by atoms with Crippen molar-refractivity contribution in [2.75, 3.05) is 0 Å². The van der Waals surface area contributed by atoms with Gasteiger partial charge in [-0.1, -0.05) is 53.2 Å². The van der Waals surface area contributed by atoms with Crippen LogP contribution in [0.25, 0.3) is 0 Å². The molecule has 4 aliphatic carbocycles. The topological polar surface area (TPSA) is 83.8 Å². The molecule has 0 saturated heterocycles. The summed E-state index contributed by atoms with van der Waals surface area (Å²) in [5.74, 6) is 2.94. The van der Waals surface area contributed by atoms with Crippen LogP contribution in [-0.2, 0) is 14.6 Å². The Bertz CT molecular complexity index is 936. The second kappa shape index (κ2) is 9.23.